The number of furan rings is 1. The highest BCUT2D eigenvalue weighted by Crippen LogP contribution is 2.39. The van der Waals surface area contributed by atoms with Crippen molar-refractivity contribution in [2.24, 2.45) is 5.92 Å². The summed E-state index contributed by atoms with van der Waals surface area (Å²) in [4.78, 5) is 13.9. The van der Waals surface area contributed by atoms with E-state index in [4.69, 9.17) is 27.6 Å². The Hall–Kier alpha value is -2.26. The van der Waals surface area contributed by atoms with E-state index in [9.17, 15) is 10.1 Å². The van der Waals surface area contributed by atoms with Crippen molar-refractivity contribution in [2.75, 3.05) is 5.32 Å². The van der Waals surface area contributed by atoms with Crippen molar-refractivity contribution in [3.63, 3.8) is 0 Å². The van der Waals surface area contributed by atoms with Gasteiger partial charge < -0.3 is 9.73 Å². The Balaban J connectivity index is 1.59. The molecule has 1 N–H and O–H groups in total. The topological polar surface area (TPSA) is 66.0 Å². The minimum atomic E-state index is -0.389. The zero-order valence-electron chi connectivity index (χ0n) is 15.0. The first-order valence-corrected chi connectivity index (χ1v) is 10.4. The lowest BCUT2D eigenvalue weighted by Gasteiger charge is -2.17. The molecule has 1 aliphatic carbocycles. The van der Waals surface area contributed by atoms with E-state index >= 15 is 0 Å². The Morgan fingerprint density at radius 1 is 1.32 bits per heavy atom. The summed E-state index contributed by atoms with van der Waals surface area (Å²) in [5.41, 5.74) is 2.31. The normalized spacial score (nSPS) is 15.7. The number of rotatable bonds is 3. The number of amides is 1. The van der Waals surface area contributed by atoms with Crippen LogP contribution in [-0.2, 0) is 12.8 Å². The van der Waals surface area contributed by atoms with Crippen molar-refractivity contribution in [1.82, 2.24) is 0 Å². The molecule has 0 aliphatic heterocycles. The summed E-state index contributed by atoms with van der Waals surface area (Å²) < 4.78 is 5.70. The van der Waals surface area contributed by atoms with Gasteiger partial charge in [0.25, 0.3) is 5.91 Å². The molecule has 7 heteroatoms. The van der Waals surface area contributed by atoms with Gasteiger partial charge in [0.15, 0.2) is 5.76 Å². The molecule has 2 aromatic heterocycles. The molecule has 28 heavy (non-hydrogen) atoms. The molecule has 3 aromatic rings. The van der Waals surface area contributed by atoms with Gasteiger partial charge in [-0.05, 0) is 61.1 Å². The monoisotopic (exact) mass is 430 g/mol. The summed E-state index contributed by atoms with van der Waals surface area (Å²) in [5, 5.41) is 14.0. The second kappa shape index (κ2) is 7.63. The third-order valence-electron chi connectivity index (χ3n) is 4.88. The quantitative estimate of drug-likeness (QED) is 0.511. The maximum atomic E-state index is 12.7. The molecule has 2 heterocycles. The van der Waals surface area contributed by atoms with E-state index < -0.39 is 0 Å². The van der Waals surface area contributed by atoms with Gasteiger partial charge in [0, 0.05) is 15.5 Å². The summed E-state index contributed by atoms with van der Waals surface area (Å²) in [6.45, 7) is 2.21. The fourth-order valence-corrected chi connectivity index (χ4v) is 5.27. The summed E-state index contributed by atoms with van der Waals surface area (Å²) in [7, 11) is 0. The molecule has 4 nitrogen and oxygen atoms in total. The summed E-state index contributed by atoms with van der Waals surface area (Å²) in [6, 6.07) is 10.6. The van der Waals surface area contributed by atoms with Gasteiger partial charge in [-0.25, -0.2) is 0 Å². The number of anilines is 1. The average Bonchev–Trinajstić information content (AvgIpc) is 3.25. The largest absolute Gasteiger partial charge is 0.451 e. The molecule has 0 fully saturated rings. The fourth-order valence-electron chi connectivity index (χ4n) is 3.42. The maximum Gasteiger partial charge on any atom is 0.292 e. The number of hydrogen-bond donors (Lipinski definition) is 1. The Morgan fingerprint density at radius 2 is 2.14 bits per heavy atom. The molecular formula is C21H16Cl2N2O2S. The molecule has 0 saturated heterocycles. The number of hydrogen-bond acceptors (Lipinski definition) is 4. The number of fused-ring (bicyclic) bond motifs is 1. The second-order valence-electron chi connectivity index (χ2n) is 6.91. The van der Waals surface area contributed by atoms with Crippen molar-refractivity contribution in [3.8, 4) is 17.4 Å². The van der Waals surface area contributed by atoms with Gasteiger partial charge in [0.05, 0.1) is 10.6 Å². The average molecular weight is 431 g/mol. The van der Waals surface area contributed by atoms with Crippen LogP contribution < -0.4 is 5.32 Å². The SMILES string of the molecule is CC1CCc2c(sc(NC(=O)c3ccc(-c4ccc(Cl)cc4Cl)o3)c2C#N)C1. The number of nitrogens with one attached hydrogen (secondary N) is 1. The highest BCUT2D eigenvalue weighted by Gasteiger charge is 2.25. The van der Waals surface area contributed by atoms with E-state index in [-0.39, 0.29) is 11.7 Å². The molecule has 0 saturated carbocycles. The molecule has 0 spiro atoms. The number of nitriles is 1. The Morgan fingerprint density at radius 3 is 2.89 bits per heavy atom. The number of benzene rings is 1. The van der Waals surface area contributed by atoms with E-state index in [1.165, 1.54) is 16.2 Å². The number of carbonyl (C=O) groups is 1. The molecule has 0 radical (unpaired) electrons. The number of thiophene rings is 1. The van der Waals surface area contributed by atoms with Crippen LogP contribution in [-0.4, -0.2) is 5.91 Å². The maximum absolute atomic E-state index is 12.7. The standard InChI is InChI=1S/C21H16Cl2N2O2S/c1-11-2-4-13-15(10-24)21(28-19(13)8-11)25-20(26)18-7-6-17(27-18)14-5-3-12(22)9-16(14)23/h3,5-7,9,11H,2,4,8H2,1H3,(H,25,26). The van der Waals surface area contributed by atoms with Crippen LogP contribution in [0.4, 0.5) is 5.00 Å². The van der Waals surface area contributed by atoms with Crippen molar-refractivity contribution in [1.29, 1.82) is 5.26 Å². The van der Waals surface area contributed by atoms with Gasteiger partial charge in [0.1, 0.15) is 16.8 Å². The van der Waals surface area contributed by atoms with Gasteiger partial charge in [-0.1, -0.05) is 30.1 Å². The molecule has 1 unspecified atom stereocenters. The third-order valence-corrected chi connectivity index (χ3v) is 6.59. The number of halogens is 2. The van der Waals surface area contributed by atoms with E-state index in [0.717, 1.165) is 24.8 Å². The Bertz CT molecular complexity index is 1110. The van der Waals surface area contributed by atoms with E-state index in [1.807, 2.05) is 0 Å². The molecule has 142 valence electrons. The van der Waals surface area contributed by atoms with Crippen molar-refractivity contribution < 1.29 is 9.21 Å². The van der Waals surface area contributed by atoms with Crippen molar-refractivity contribution in [2.45, 2.75) is 26.2 Å². The predicted molar refractivity (Wildman–Crippen MR) is 112 cm³/mol. The van der Waals surface area contributed by atoms with Gasteiger partial charge in [-0.3, -0.25) is 4.79 Å². The van der Waals surface area contributed by atoms with Crippen LogP contribution in [0.2, 0.25) is 10.0 Å². The zero-order valence-corrected chi connectivity index (χ0v) is 17.3. The van der Waals surface area contributed by atoms with Crippen LogP contribution >= 0.6 is 34.5 Å². The van der Waals surface area contributed by atoms with Gasteiger partial charge >= 0.3 is 0 Å². The molecule has 1 atom stereocenters. The van der Waals surface area contributed by atoms with Crippen LogP contribution in [0, 0.1) is 17.2 Å². The molecule has 0 bridgehead atoms. The lowest BCUT2D eigenvalue weighted by Crippen LogP contribution is -2.11. The lowest BCUT2D eigenvalue weighted by molar-refractivity contribution is 0.0998. The lowest BCUT2D eigenvalue weighted by atomic mass is 9.89. The van der Waals surface area contributed by atoms with E-state index in [2.05, 4.69) is 18.3 Å². The molecule has 4 rings (SSSR count). The fraction of sp³-hybridized carbons (Fsp3) is 0.238. The van der Waals surface area contributed by atoms with E-state index in [0.29, 0.717) is 37.9 Å². The molecule has 1 aromatic carbocycles. The summed E-state index contributed by atoms with van der Waals surface area (Å²) in [6.07, 6.45) is 2.89. The van der Waals surface area contributed by atoms with Crippen LogP contribution in [0.5, 0.6) is 0 Å². The highest BCUT2D eigenvalue weighted by molar-refractivity contribution is 7.16. The van der Waals surface area contributed by atoms with E-state index in [1.54, 1.807) is 30.3 Å². The van der Waals surface area contributed by atoms with Crippen molar-refractivity contribution in [3.05, 3.63) is 62.1 Å². The highest BCUT2D eigenvalue weighted by atomic mass is 35.5. The smallest absolute Gasteiger partial charge is 0.292 e. The first-order valence-electron chi connectivity index (χ1n) is 8.87. The summed E-state index contributed by atoms with van der Waals surface area (Å²) >= 11 is 13.6. The van der Waals surface area contributed by atoms with Gasteiger partial charge in [-0.15, -0.1) is 11.3 Å². The zero-order chi connectivity index (χ0) is 19.8. The predicted octanol–water partition coefficient (Wildman–Crippen LogP) is 6.56. The Labute approximate surface area is 176 Å². The van der Waals surface area contributed by atoms with Crippen LogP contribution in [0.3, 0.4) is 0 Å². The third kappa shape index (κ3) is 3.56. The van der Waals surface area contributed by atoms with Gasteiger partial charge in [-0.2, -0.15) is 5.26 Å². The first-order chi connectivity index (χ1) is 13.5. The molecular weight excluding hydrogens is 415 g/mol. The number of carbonyl (C=O) groups excluding carboxylic acids is 1. The van der Waals surface area contributed by atoms with Crippen molar-refractivity contribution >= 4 is 45.4 Å². The molecule has 1 aliphatic rings. The number of nitrogens with zero attached hydrogens (tertiary/aromatic N) is 1. The van der Waals surface area contributed by atoms with Crippen LogP contribution in [0.25, 0.3) is 11.3 Å². The Kier molecular flexibility index (Phi) is 5.20. The second-order valence-corrected chi connectivity index (χ2v) is 8.86. The van der Waals surface area contributed by atoms with Crippen LogP contribution in [0.15, 0.2) is 34.7 Å². The minimum absolute atomic E-state index is 0.157. The minimum Gasteiger partial charge on any atom is -0.451 e. The molecule has 1 amide bonds. The summed E-state index contributed by atoms with van der Waals surface area (Å²) in [5.74, 6) is 0.841. The van der Waals surface area contributed by atoms with Gasteiger partial charge in [0.2, 0.25) is 0 Å². The van der Waals surface area contributed by atoms with Crippen LogP contribution in [0.1, 0.15) is 39.9 Å². The first kappa shape index (κ1) is 19.1.